The summed E-state index contributed by atoms with van der Waals surface area (Å²) in [6.45, 7) is 1.57. The van der Waals surface area contributed by atoms with Crippen molar-refractivity contribution in [3.05, 3.63) is 35.9 Å². The molecular formula is C15H21N3O3. The number of nitrogens with one attached hydrogen (secondary N) is 2. The molecule has 0 saturated carbocycles. The molecule has 1 fully saturated rings. The van der Waals surface area contributed by atoms with Crippen molar-refractivity contribution in [2.75, 3.05) is 20.1 Å². The number of likely N-dealkylation sites (tertiary alicyclic amines) is 1. The number of amides is 2. The Kier molecular flexibility index (Phi) is 5.16. The van der Waals surface area contributed by atoms with Crippen molar-refractivity contribution in [1.29, 1.82) is 0 Å². The normalized spacial score (nSPS) is 20.0. The smallest absolute Gasteiger partial charge is 0.330 e. The number of urea groups is 1. The molecule has 0 bridgehead atoms. The summed E-state index contributed by atoms with van der Waals surface area (Å²) in [4.78, 5) is 25.4. The van der Waals surface area contributed by atoms with Crippen LogP contribution in [0.15, 0.2) is 30.3 Å². The summed E-state index contributed by atoms with van der Waals surface area (Å²) in [6, 6.07) is 7.51. The lowest BCUT2D eigenvalue weighted by Crippen LogP contribution is -2.45. The van der Waals surface area contributed by atoms with Gasteiger partial charge in [-0.2, -0.15) is 0 Å². The lowest BCUT2D eigenvalue weighted by Gasteiger charge is -2.21. The SMILES string of the molecule is CN1CCCC1CNC(=O)N[C@@H](C(=O)O)c1ccccc1. The van der Waals surface area contributed by atoms with E-state index >= 15 is 0 Å². The number of aliphatic carboxylic acids is 1. The standard InChI is InChI=1S/C15H21N3O3/c1-18-9-5-8-12(18)10-16-15(21)17-13(14(19)20)11-6-3-2-4-7-11/h2-4,6-7,12-13H,5,8-10H2,1H3,(H,19,20)(H2,16,17,21)/t12?,13-/m1/s1. The number of carbonyl (C=O) groups excluding carboxylic acids is 1. The van der Waals surface area contributed by atoms with Crippen LogP contribution in [0.1, 0.15) is 24.4 Å². The summed E-state index contributed by atoms with van der Waals surface area (Å²) >= 11 is 0. The first kappa shape index (κ1) is 15.3. The molecular weight excluding hydrogens is 270 g/mol. The van der Waals surface area contributed by atoms with Crippen LogP contribution in [-0.4, -0.2) is 48.2 Å². The molecule has 1 aromatic rings. The van der Waals surface area contributed by atoms with Crippen molar-refractivity contribution in [2.45, 2.75) is 24.9 Å². The van der Waals surface area contributed by atoms with E-state index in [1.54, 1.807) is 30.3 Å². The zero-order valence-electron chi connectivity index (χ0n) is 12.1. The van der Waals surface area contributed by atoms with Gasteiger partial charge < -0.3 is 20.6 Å². The zero-order chi connectivity index (χ0) is 15.2. The largest absolute Gasteiger partial charge is 0.479 e. The first-order chi connectivity index (χ1) is 10.1. The first-order valence-corrected chi connectivity index (χ1v) is 7.10. The fraction of sp³-hybridized carbons (Fsp3) is 0.467. The Bertz CT molecular complexity index is 492. The highest BCUT2D eigenvalue weighted by molar-refractivity contribution is 5.83. The van der Waals surface area contributed by atoms with Crippen molar-refractivity contribution < 1.29 is 14.7 Å². The van der Waals surface area contributed by atoms with Gasteiger partial charge in [0.25, 0.3) is 0 Å². The van der Waals surface area contributed by atoms with Gasteiger partial charge in [-0.1, -0.05) is 30.3 Å². The molecule has 0 aromatic heterocycles. The predicted octanol–water partition coefficient (Wildman–Crippen LogP) is 1.21. The van der Waals surface area contributed by atoms with Crippen LogP contribution in [0.2, 0.25) is 0 Å². The summed E-state index contributed by atoms with van der Waals surface area (Å²) < 4.78 is 0. The topological polar surface area (TPSA) is 81.7 Å². The molecule has 1 aromatic carbocycles. The maximum Gasteiger partial charge on any atom is 0.330 e. The third kappa shape index (κ3) is 4.19. The highest BCUT2D eigenvalue weighted by atomic mass is 16.4. The van der Waals surface area contributed by atoms with Crippen molar-refractivity contribution in [2.24, 2.45) is 0 Å². The van der Waals surface area contributed by atoms with E-state index in [9.17, 15) is 14.7 Å². The number of carboxylic acids is 1. The highest BCUT2D eigenvalue weighted by Gasteiger charge is 2.24. The molecule has 1 saturated heterocycles. The summed E-state index contributed by atoms with van der Waals surface area (Å²) in [5.74, 6) is -1.07. The van der Waals surface area contributed by atoms with E-state index in [-0.39, 0.29) is 0 Å². The Labute approximate surface area is 124 Å². The van der Waals surface area contributed by atoms with E-state index in [0.717, 1.165) is 19.4 Å². The molecule has 0 aliphatic carbocycles. The Morgan fingerprint density at radius 3 is 2.67 bits per heavy atom. The fourth-order valence-corrected chi connectivity index (χ4v) is 2.56. The molecule has 3 N–H and O–H groups in total. The summed E-state index contributed by atoms with van der Waals surface area (Å²) in [5, 5.41) is 14.5. The van der Waals surface area contributed by atoms with Gasteiger partial charge in [0.15, 0.2) is 6.04 Å². The van der Waals surface area contributed by atoms with E-state index in [4.69, 9.17) is 0 Å². The summed E-state index contributed by atoms with van der Waals surface area (Å²) in [5.41, 5.74) is 0.554. The van der Waals surface area contributed by atoms with Gasteiger partial charge >= 0.3 is 12.0 Å². The number of carboxylic acid groups (broad SMARTS) is 1. The average Bonchev–Trinajstić information content (AvgIpc) is 2.88. The molecule has 6 nitrogen and oxygen atoms in total. The summed E-state index contributed by atoms with van der Waals surface area (Å²) in [7, 11) is 2.03. The van der Waals surface area contributed by atoms with E-state index in [1.165, 1.54) is 0 Å². The predicted molar refractivity (Wildman–Crippen MR) is 79.0 cm³/mol. The Hall–Kier alpha value is -2.08. The highest BCUT2D eigenvalue weighted by Crippen LogP contribution is 2.14. The van der Waals surface area contributed by atoms with Crippen LogP contribution >= 0.6 is 0 Å². The number of nitrogens with zero attached hydrogens (tertiary/aromatic N) is 1. The maximum absolute atomic E-state index is 11.9. The molecule has 2 atom stereocenters. The lowest BCUT2D eigenvalue weighted by atomic mass is 10.1. The monoisotopic (exact) mass is 291 g/mol. The number of carbonyl (C=O) groups is 2. The molecule has 1 heterocycles. The van der Waals surface area contributed by atoms with Gasteiger partial charge in [0.2, 0.25) is 0 Å². The minimum atomic E-state index is -1.07. The van der Waals surface area contributed by atoms with E-state index < -0.39 is 18.0 Å². The zero-order valence-corrected chi connectivity index (χ0v) is 12.1. The fourth-order valence-electron chi connectivity index (χ4n) is 2.56. The molecule has 1 aliphatic heterocycles. The molecule has 1 aliphatic rings. The van der Waals surface area contributed by atoms with Crippen LogP contribution in [0.3, 0.4) is 0 Å². The molecule has 6 heteroatoms. The van der Waals surface area contributed by atoms with Gasteiger partial charge in [0, 0.05) is 12.6 Å². The van der Waals surface area contributed by atoms with Crippen LogP contribution in [0.25, 0.3) is 0 Å². The summed E-state index contributed by atoms with van der Waals surface area (Å²) in [6.07, 6.45) is 2.18. The quantitative estimate of drug-likeness (QED) is 0.761. The number of hydrogen-bond donors (Lipinski definition) is 3. The van der Waals surface area contributed by atoms with Crippen LogP contribution in [0.5, 0.6) is 0 Å². The number of rotatable bonds is 5. The van der Waals surface area contributed by atoms with Gasteiger partial charge in [0.1, 0.15) is 0 Å². The number of hydrogen-bond acceptors (Lipinski definition) is 3. The van der Waals surface area contributed by atoms with Crippen LogP contribution in [0, 0.1) is 0 Å². The van der Waals surface area contributed by atoms with E-state index in [0.29, 0.717) is 18.2 Å². The van der Waals surface area contributed by atoms with Gasteiger partial charge in [-0.3, -0.25) is 0 Å². The Morgan fingerprint density at radius 1 is 1.38 bits per heavy atom. The lowest BCUT2D eigenvalue weighted by molar-refractivity contribution is -0.139. The molecule has 2 rings (SSSR count). The van der Waals surface area contributed by atoms with Gasteiger partial charge in [-0.25, -0.2) is 9.59 Å². The van der Waals surface area contributed by atoms with Crippen LogP contribution in [-0.2, 0) is 4.79 Å². The van der Waals surface area contributed by atoms with Crippen LogP contribution in [0.4, 0.5) is 4.79 Å². The minimum absolute atomic E-state index is 0.329. The van der Waals surface area contributed by atoms with Crippen molar-refractivity contribution in [3.63, 3.8) is 0 Å². The second-order valence-electron chi connectivity index (χ2n) is 5.31. The minimum Gasteiger partial charge on any atom is -0.479 e. The average molecular weight is 291 g/mol. The van der Waals surface area contributed by atoms with Gasteiger partial charge in [0.05, 0.1) is 0 Å². The molecule has 2 amide bonds. The Balaban J connectivity index is 1.88. The Morgan fingerprint density at radius 2 is 2.10 bits per heavy atom. The molecule has 21 heavy (non-hydrogen) atoms. The maximum atomic E-state index is 11.9. The van der Waals surface area contributed by atoms with Crippen molar-refractivity contribution in [3.8, 4) is 0 Å². The molecule has 114 valence electrons. The van der Waals surface area contributed by atoms with E-state index in [2.05, 4.69) is 15.5 Å². The van der Waals surface area contributed by atoms with E-state index in [1.807, 2.05) is 7.05 Å². The molecule has 0 spiro atoms. The second kappa shape index (κ2) is 7.08. The molecule has 0 radical (unpaired) electrons. The van der Waals surface area contributed by atoms with Crippen molar-refractivity contribution in [1.82, 2.24) is 15.5 Å². The van der Waals surface area contributed by atoms with Gasteiger partial charge in [-0.05, 0) is 32.0 Å². The van der Waals surface area contributed by atoms with Crippen molar-refractivity contribution >= 4 is 12.0 Å². The third-order valence-corrected chi connectivity index (χ3v) is 3.83. The first-order valence-electron chi connectivity index (χ1n) is 7.10. The second-order valence-corrected chi connectivity index (χ2v) is 5.31. The number of likely N-dealkylation sites (N-methyl/N-ethyl adjacent to an activating group) is 1. The molecule has 1 unspecified atom stereocenters. The van der Waals surface area contributed by atoms with Crippen LogP contribution < -0.4 is 10.6 Å². The van der Waals surface area contributed by atoms with Gasteiger partial charge in [-0.15, -0.1) is 0 Å². The third-order valence-electron chi connectivity index (χ3n) is 3.83. The number of benzene rings is 1.